The SMILES string of the molecule is COCCNS(=O)(=O)c1cnc(Cl)nc1. The van der Waals surface area contributed by atoms with Gasteiger partial charge in [-0.05, 0) is 11.6 Å². The predicted molar refractivity (Wildman–Crippen MR) is 54.1 cm³/mol. The molecule has 8 heteroatoms. The van der Waals surface area contributed by atoms with Gasteiger partial charge in [0, 0.05) is 13.7 Å². The third kappa shape index (κ3) is 3.71. The lowest BCUT2D eigenvalue weighted by molar-refractivity contribution is 0.204. The molecule has 0 saturated carbocycles. The summed E-state index contributed by atoms with van der Waals surface area (Å²) >= 11 is 5.43. The lowest BCUT2D eigenvalue weighted by Crippen LogP contribution is -2.27. The zero-order valence-electron chi connectivity index (χ0n) is 7.97. The molecule has 0 amide bonds. The van der Waals surface area contributed by atoms with Crippen molar-refractivity contribution in [3.63, 3.8) is 0 Å². The van der Waals surface area contributed by atoms with Crippen LogP contribution in [0.2, 0.25) is 5.28 Å². The van der Waals surface area contributed by atoms with Crippen molar-refractivity contribution in [2.45, 2.75) is 4.90 Å². The van der Waals surface area contributed by atoms with Crippen molar-refractivity contribution in [2.24, 2.45) is 0 Å². The molecule has 0 aliphatic heterocycles. The summed E-state index contributed by atoms with van der Waals surface area (Å²) in [5.41, 5.74) is 0. The molecule has 0 fully saturated rings. The molecule has 1 aromatic rings. The summed E-state index contributed by atoms with van der Waals surface area (Å²) in [6.45, 7) is 0.495. The number of ether oxygens (including phenoxy) is 1. The van der Waals surface area contributed by atoms with E-state index in [9.17, 15) is 8.42 Å². The minimum atomic E-state index is -3.56. The van der Waals surface area contributed by atoms with Crippen LogP contribution < -0.4 is 4.72 Å². The monoisotopic (exact) mass is 251 g/mol. The van der Waals surface area contributed by atoms with Crippen molar-refractivity contribution in [2.75, 3.05) is 20.3 Å². The number of hydrogen-bond donors (Lipinski definition) is 1. The Balaban J connectivity index is 2.73. The number of nitrogens with one attached hydrogen (secondary N) is 1. The molecule has 84 valence electrons. The lowest BCUT2D eigenvalue weighted by Gasteiger charge is -2.04. The molecule has 1 heterocycles. The molecule has 15 heavy (non-hydrogen) atoms. The van der Waals surface area contributed by atoms with Gasteiger partial charge in [-0.25, -0.2) is 23.1 Å². The highest BCUT2D eigenvalue weighted by molar-refractivity contribution is 7.89. The summed E-state index contributed by atoms with van der Waals surface area (Å²) in [6, 6.07) is 0. The zero-order chi connectivity index (χ0) is 11.3. The second-order valence-electron chi connectivity index (χ2n) is 2.58. The number of halogens is 1. The van der Waals surface area contributed by atoms with Crippen molar-refractivity contribution in [1.29, 1.82) is 0 Å². The molecule has 6 nitrogen and oxygen atoms in total. The molecule has 0 aliphatic rings. The fourth-order valence-electron chi connectivity index (χ4n) is 0.801. The Labute approximate surface area is 92.7 Å². The summed E-state index contributed by atoms with van der Waals surface area (Å²) in [4.78, 5) is 7.13. The van der Waals surface area contributed by atoms with Crippen LogP contribution >= 0.6 is 11.6 Å². The Morgan fingerprint density at radius 2 is 2.07 bits per heavy atom. The van der Waals surface area contributed by atoms with Gasteiger partial charge in [-0.1, -0.05) is 0 Å². The molecule has 0 radical (unpaired) electrons. The Kier molecular flexibility index (Phi) is 4.40. The van der Waals surface area contributed by atoms with Gasteiger partial charge in [0.2, 0.25) is 15.3 Å². The number of hydrogen-bond acceptors (Lipinski definition) is 5. The minimum absolute atomic E-state index is 0.00541. The van der Waals surface area contributed by atoms with Gasteiger partial charge in [0.05, 0.1) is 19.0 Å². The van der Waals surface area contributed by atoms with Crippen molar-refractivity contribution in [3.05, 3.63) is 17.7 Å². The van der Waals surface area contributed by atoms with Gasteiger partial charge < -0.3 is 4.74 Å². The fraction of sp³-hybridized carbons (Fsp3) is 0.429. The molecular weight excluding hydrogens is 242 g/mol. The smallest absolute Gasteiger partial charge is 0.243 e. The summed E-state index contributed by atoms with van der Waals surface area (Å²) in [5, 5.41) is 0.00541. The second-order valence-corrected chi connectivity index (χ2v) is 4.68. The lowest BCUT2D eigenvalue weighted by atomic mass is 10.7. The molecule has 0 aliphatic carbocycles. The first kappa shape index (κ1) is 12.3. The van der Waals surface area contributed by atoms with Crippen LogP contribution in [-0.4, -0.2) is 38.6 Å². The van der Waals surface area contributed by atoms with Crippen molar-refractivity contribution in [3.8, 4) is 0 Å². The average molecular weight is 252 g/mol. The van der Waals surface area contributed by atoms with E-state index in [0.29, 0.717) is 6.61 Å². The predicted octanol–water partition coefficient (Wildman–Crippen LogP) is 0.0547. The number of rotatable bonds is 5. The molecule has 1 aromatic heterocycles. The van der Waals surface area contributed by atoms with Crippen molar-refractivity contribution in [1.82, 2.24) is 14.7 Å². The van der Waals surface area contributed by atoms with Crippen molar-refractivity contribution >= 4 is 21.6 Å². The van der Waals surface area contributed by atoms with Crippen LogP contribution in [0.15, 0.2) is 17.3 Å². The number of methoxy groups -OCH3 is 1. The van der Waals surface area contributed by atoms with Crippen LogP contribution in [0.4, 0.5) is 0 Å². The molecular formula is C7H10ClN3O3S. The molecule has 1 N–H and O–H groups in total. The van der Waals surface area contributed by atoms with E-state index in [1.54, 1.807) is 0 Å². The van der Waals surface area contributed by atoms with Gasteiger partial charge >= 0.3 is 0 Å². The van der Waals surface area contributed by atoms with Gasteiger partial charge in [0.25, 0.3) is 0 Å². The normalized spacial score (nSPS) is 11.6. The fourth-order valence-corrected chi connectivity index (χ4v) is 1.80. The standard InChI is InChI=1S/C7H10ClN3O3S/c1-14-3-2-11-15(12,13)6-4-9-7(8)10-5-6/h4-5,11H,2-3H2,1H3. The summed E-state index contributed by atoms with van der Waals surface area (Å²) < 4.78 is 30.1. The Bertz CT molecular complexity index is 406. The van der Waals surface area contributed by atoms with Crippen LogP contribution in [0.1, 0.15) is 0 Å². The van der Waals surface area contributed by atoms with E-state index in [-0.39, 0.29) is 16.7 Å². The number of aromatic nitrogens is 2. The van der Waals surface area contributed by atoms with Crippen LogP contribution in [0.3, 0.4) is 0 Å². The highest BCUT2D eigenvalue weighted by Gasteiger charge is 2.13. The molecule has 0 aromatic carbocycles. The third-order valence-corrected chi connectivity index (χ3v) is 3.12. The molecule has 0 saturated heterocycles. The molecule has 0 unspecified atom stereocenters. The van der Waals surface area contributed by atoms with E-state index < -0.39 is 10.0 Å². The molecule has 0 spiro atoms. The first-order valence-electron chi connectivity index (χ1n) is 4.02. The maximum Gasteiger partial charge on any atom is 0.243 e. The highest BCUT2D eigenvalue weighted by atomic mass is 35.5. The third-order valence-electron chi connectivity index (χ3n) is 1.51. The average Bonchev–Trinajstić information content (AvgIpc) is 2.18. The van der Waals surface area contributed by atoms with Gasteiger partial charge in [0.15, 0.2) is 0 Å². The number of sulfonamides is 1. The van der Waals surface area contributed by atoms with Gasteiger partial charge in [-0.2, -0.15) is 0 Å². The van der Waals surface area contributed by atoms with Gasteiger partial charge in [-0.15, -0.1) is 0 Å². The highest BCUT2D eigenvalue weighted by Crippen LogP contribution is 2.06. The maximum atomic E-state index is 11.5. The topological polar surface area (TPSA) is 81.2 Å². The minimum Gasteiger partial charge on any atom is -0.383 e. The summed E-state index contributed by atoms with van der Waals surface area (Å²) in [7, 11) is -2.08. The van der Waals surface area contributed by atoms with Crippen LogP contribution in [0, 0.1) is 0 Å². The van der Waals surface area contributed by atoms with E-state index in [1.165, 1.54) is 7.11 Å². The van der Waals surface area contributed by atoms with Gasteiger partial charge in [-0.3, -0.25) is 0 Å². The maximum absolute atomic E-state index is 11.5. The molecule has 0 atom stereocenters. The first-order valence-corrected chi connectivity index (χ1v) is 5.88. The quantitative estimate of drug-likeness (QED) is 0.591. The van der Waals surface area contributed by atoms with Crippen LogP contribution in [-0.2, 0) is 14.8 Å². The van der Waals surface area contributed by atoms with E-state index in [0.717, 1.165) is 12.4 Å². The zero-order valence-corrected chi connectivity index (χ0v) is 9.55. The summed E-state index contributed by atoms with van der Waals surface area (Å²) in [5.74, 6) is 0. The molecule has 1 rings (SSSR count). The van der Waals surface area contributed by atoms with Crippen LogP contribution in [0.25, 0.3) is 0 Å². The van der Waals surface area contributed by atoms with Crippen molar-refractivity contribution < 1.29 is 13.2 Å². The van der Waals surface area contributed by atoms with Crippen LogP contribution in [0.5, 0.6) is 0 Å². The Hall–Kier alpha value is -0.760. The largest absolute Gasteiger partial charge is 0.383 e. The van der Waals surface area contributed by atoms with E-state index in [2.05, 4.69) is 14.7 Å². The van der Waals surface area contributed by atoms with E-state index >= 15 is 0 Å². The van der Waals surface area contributed by atoms with Gasteiger partial charge in [0.1, 0.15) is 4.90 Å². The Morgan fingerprint density at radius 1 is 1.47 bits per heavy atom. The number of nitrogens with zero attached hydrogens (tertiary/aromatic N) is 2. The van der Waals surface area contributed by atoms with E-state index in [4.69, 9.17) is 16.3 Å². The first-order chi connectivity index (χ1) is 7.06. The Morgan fingerprint density at radius 3 is 2.60 bits per heavy atom. The molecule has 0 bridgehead atoms. The second kappa shape index (κ2) is 5.36. The van der Waals surface area contributed by atoms with E-state index in [1.807, 2.05) is 0 Å². The summed E-state index contributed by atoms with van der Waals surface area (Å²) in [6.07, 6.45) is 2.29.